The molecule has 2 unspecified atom stereocenters. The van der Waals surface area contributed by atoms with Crippen molar-refractivity contribution in [2.45, 2.75) is 32.4 Å². The zero-order chi connectivity index (χ0) is 23.5. The number of pyridine rings is 2. The molecular formula is C26H32N6OS. The molecule has 3 aromatic heterocycles. The lowest BCUT2D eigenvalue weighted by Crippen LogP contribution is -2.39. The second-order valence-electron chi connectivity index (χ2n) is 9.00. The van der Waals surface area contributed by atoms with Crippen molar-refractivity contribution in [1.82, 2.24) is 29.7 Å². The molecule has 2 atom stereocenters. The van der Waals surface area contributed by atoms with Crippen molar-refractivity contribution >= 4 is 17.3 Å². The number of hydrogen-bond acceptors (Lipinski definition) is 5. The van der Waals surface area contributed by atoms with Crippen LogP contribution in [0.3, 0.4) is 0 Å². The van der Waals surface area contributed by atoms with Crippen LogP contribution >= 0.6 is 12.2 Å². The lowest BCUT2D eigenvalue weighted by molar-refractivity contribution is 0.0365. The fraction of sp³-hybridized carbons (Fsp3) is 0.423. The van der Waals surface area contributed by atoms with Gasteiger partial charge >= 0.3 is 0 Å². The Labute approximate surface area is 206 Å². The Morgan fingerprint density at radius 3 is 2.68 bits per heavy atom. The molecule has 3 aromatic rings. The SMILES string of the molecule is Cc1cc(C2C(c3ccccn3)NC(=S)N2CCCN2CCOCC2)c(C)n1-c1cccnc1. The van der Waals surface area contributed by atoms with Crippen LogP contribution in [0.15, 0.2) is 55.0 Å². The van der Waals surface area contributed by atoms with Gasteiger partial charge in [-0.1, -0.05) is 6.07 Å². The maximum absolute atomic E-state index is 5.88. The summed E-state index contributed by atoms with van der Waals surface area (Å²) in [5.74, 6) is 0. The normalized spacial score (nSPS) is 21.1. The highest BCUT2D eigenvalue weighted by atomic mass is 32.1. The summed E-state index contributed by atoms with van der Waals surface area (Å²) in [6.07, 6.45) is 6.63. The van der Waals surface area contributed by atoms with E-state index in [1.165, 1.54) is 17.0 Å². The molecule has 0 amide bonds. The second kappa shape index (κ2) is 10.2. The first kappa shape index (κ1) is 23.0. The smallest absolute Gasteiger partial charge is 0.170 e. The molecule has 0 bridgehead atoms. The highest BCUT2D eigenvalue weighted by molar-refractivity contribution is 7.80. The van der Waals surface area contributed by atoms with Crippen LogP contribution in [-0.4, -0.2) is 68.8 Å². The van der Waals surface area contributed by atoms with Crippen LogP contribution in [0.2, 0.25) is 0 Å². The molecule has 0 radical (unpaired) electrons. The van der Waals surface area contributed by atoms with Gasteiger partial charge in [-0.3, -0.25) is 14.9 Å². The Balaban J connectivity index is 1.46. The molecule has 34 heavy (non-hydrogen) atoms. The highest BCUT2D eigenvalue weighted by Crippen LogP contribution is 2.41. The Kier molecular flexibility index (Phi) is 6.89. The number of nitrogens with zero attached hydrogens (tertiary/aromatic N) is 5. The van der Waals surface area contributed by atoms with Gasteiger partial charge in [0.15, 0.2) is 5.11 Å². The molecule has 2 aliphatic rings. The van der Waals surface area contributed by atoms with Gasteiger partial charge < -0.3 is 19.5 Å². The first-order chi connectivity index (χ1) is 16.6. The molecule has 5 heterocycles. The number of ether oxygens (including phenoxy) is 1. The van der Waals surface area contributed by atoms with E-state index in [0.717, 1.165) is 62.3 Å². The third-order valence-corrected chi connectivity index (χ3v) is 7.22. The first-order valence-corrected chi connectivity index (χ1v) is 12.4. The maximum atomic E-state index is 5.88. The Morgan fingerprint density at radius 2 is 1.94 bits per heavy atom. The topological polar surface area (TPSA) is 58.5 Å². The third-order valence-electron chi connectivity index (χ3n) is 6.87. The average Bonchev–Trinajstić information content (AvgIpc) is 3.35. The van der Waals surface area contributed by atoms with Crippen molar-refractivity contribution in [2.75, 3.05) is 39.4 Å². The van der Waals surface area contributed by atoms with Crippen LogP contribution in [0, 0.1) is 13.8 Å². The van der Waals surface area contributed by atoms with Gasteiger partial charge in [0.2, 0.25) is 0 Å². The van der Waals surface area contributed by atoms with Crippen molar-refractivity contribution in [1.29, 1.82) is 0 Å². The quantitative estimate of drug-likeness (QED) is 0.523. The van der Waals surface area contributed by atoms with E-state index in [2.05, 4.69) is 61.7 Å². The van der Waals surface area contributed by atoms with Gasteiger partial charge in [-0.2, -0.15) is 0 Å². The van der Waals surface area contributed by atoms with E-state index >= 15 is 0 Å². The summed E-state index contributed by atoms with van der Waals surface area (Å²) in [7, 11) is 0. The average molecular weight is 477 g/mol. The molecule has 2 aliphatic heterocycles. The summed E-state index contributed by atoms with van der Waals surface area (Å²) >= 11 is 5.88. The van der Waals surface area contributed by atoms with E-state index in [-0.39, 0.29) is 12.1 Å². The summed E-state index contributed by atoms with van der Waals surface area (Å²) in [6.45, 7) is 9.97. The minimum atomic E-state index is -0.0000602. The predicted molar refractivity (Wildman–Crippen MR) is 137 cm³/mol. The number of nitrogens with one attached hydrogen (secondary N) is 1. The fourth-order valence-electron chi connectivity index (χ4n) is 5.24. The van der Waals surface area contributed by atoms with Crippen molar-refractivity contribution in [3.8, 4) is 5.69 Å². The number of thiocarbonyl (C=S) groups is 1. The molecule has 178 valence electrons. The zero-order valence-corrected chi connectivity index (χ0v) is 20.7. The van der Waals surface area contributed by atoms with E-state index in [1.54, 1.807) is 0 Å². The standard InChI is InChI=1S/C26H32N6OS/c1-19-17-22(20(2)32(19)21-7-5-9-27-18-21)25-24(23-8-3-4-10-28-23)29-26(34)31(25)12-6-11-30-13-15-33-16-14-30/h3-5,7-10,17-18,24-25H,6,11-16H2,1-2H3,(H,29,34). The van der Waals surface area contributed by atoms with Crippen LogP contribution in [0.1, 0.15) is 41.1 Å². The molecule has 8 heteroatoms. The molecule has 7 nitrogen and oxygen atoms in total. The minimum absolute atomic E-state index is 0.0000602. The monoisotopic (exact) mass is 476 g/mol. The Hall–Kier alpha value is -2.81. The molecule has 0 spiro atoms. The Bertz CT molecular complexity index is 1110. The predicted octanol–water partition coefficient (Wildman–Crippen LogP) is 3.58. The lowest BCUT2D eigenvalue weighted by atomic mass is 9.96. The van der Waals surface area contributed by atoms with E-state index in [9.17, 15) is 0 Å². The molecule has 2 fully saturated rings. The molecule has 0 aliphatic carbocycles. The minimum Gasteiger partial charge on any atom is -0.379 e. The summed E-state index contributed by atoms with van der Waals surface area (Å²) in [4.78, 5) is 13.9. The number of rotatable bonds is 7. The van der Waals surface area contributed by atoms with Crippen molar-refractivity contribution in [2.24, 2.45) is 0 Å². The largest absolute Gasteiger partial charge is 0.379 e. The van der Waals surface area contributed by atoms with Crippen molar-refractivity contribution in [3.05, 3.63) is 77.6 Å². The second-order valence-corrected chi connectivity index (χ2v) is 9.39. The summed E-state index contributed by atoms with van der Waals surface area (Å²) < 4.78 is 7.78. The van der Waals surface area contributed by atoms with E-state index in [4.69, 9.17) is 17.0 Å². The van der Waals surface area contributed by atoms with Crippen LogP contribution in [0.25, 0.3) is 5.69 Å². The molecule has 0 saturated carbocycles. The zero-order valence-electron chi connectivity index (χ0n) is 19.9. The number of morpholine rings is 1. The van der Waals surface area contributed by atoms with Gasteiger partial charge in [0.25, 0.3) is 0 Å². The van der Waals surface area contributed by atoms with Gasteiger partial charge in [0, 0.05) is 50.0 Å². The molecule has 1 N–H and O–H groups in total. The van der Waals surface area contributed by atoms with Crippen LogP contribution in [0.5, 0.6) is 0 Å². The number of aryl methyl sites for hydroxylation is 1. The molecule has 2 saturated heterocycles. The van der Waals surface area contributed by atoms with E-state index < -0.39 is 0 Å². The maximum Gasteiger partial charge on any atom is 0.170 e. The van der Waals surface area contributed by atoms with Crippen molar-refractivity contribution < 1.29 is 4.74 Å². The summed E-state index contributed by atoms with van der Waals surface area (Å²) in [5, 5.41) is 4.39. The number of hydrogen-bond donors (Lipinski definition) is 1. The first-order valence-electron chi connectivity index (χ1n) is 12.0. The van der Waals surface area contributed by atoms with Crippen LogP contribution < -0.4 is 5.32 Å². The number of aromatic nitrogens is 3. The molecular weight excluding hydrogens is 444 g/mol. The van der Waals surface area contributed by atoms with Gasteiger partial charge in [-0.05, 0) is 68.4 Å². The molecule has 0 aromatic carbocycles. The van der Waals surface area contributed by atoms with E-state index in [1.807, 2.05) is 36.8 Å². The van der Waals surface area contributed by atoms with Gasteiger partial charge in [0.05, 0.1) is 42.9 Å². The summed E-state index contributed by atoms with van der Waals surface area (Å²) in [5.41, 5.74) is 5.76. The molecule has 5 rings (SSSR count). The lowest BCUT2D eigenvalue weighted by Gasteiger charge is -2.30. The van der Waals surface area contributed by atoms with Gasteiger partial charge in [-0.25, -0.2) is 0 Å². The van der Waals surface area contributed by atoms with Gasteiger partial charge in [0.1, 0.15) is 0 Å². The van der Waals surface area contributed by atoms with Gasteiger partial charge in [-0.15, -0.1) is 0 Å². The van der Waals surface area contributed by atoms with Crippen LogP contribution in [0.4, 0.5) is 0 Å². The fourth-order valence-corrected chi connectivity index (χ4v) is 5.58. The van der Waals surface area contributed by atoms with Crippen LogP contribution in [-0.2, 0) is 4.74 Å². The van der Waals surface area contributed by atoms with Crippen molar-refractivity contribution in [3.63, 3.8) is 0 Å². The third kappa shape index (κ3) is 4.58. The highest BCUT2D eigenvalue weighted by Gasteiger charge is 2.41. The summed E-state index contributed by atoms with van der Waals surface area (Å²) in [6, 6.07) is 12.5. The van der Waals surface area contributed by atoms with E-state index in [0.29, 0.717) is 0 Å². The Morgan fingerprint density at radius 1 is 1.09 bits per heavy atom.